The first-order valence-electron chi connectivity index (χ1n) is 9.65. The SMILES string of the molecule is CN=C(NCCn1cccc1)NCC1CCN(CCc2ccccc2)C1. The average molecular weight is 354 g/mol. The summed E-state index contributed by atoms with van der Waals surface area (Å²) in [5, 5.41) is 6.88. The molecule has 26 heavy (non-hydrogen) atoms. The van der Waals surface area contributed by atoms with Crippen LogP contribution in [-0.4, -0.2) is 55.2 Å². The number of hydrogen-bond acceptors (Lipinski definition) is 2. The molecule has 1 saturated heterocycles. The summed E-state index contributed by atoms with van der Waals surface area (Å²) >= 11 is 0. The lowest BCUT2D eigenvalue weighted by Crippen LogP contribution is -2.41. The van der Waals surface area contributed by atoms with Crippen molar-refractivity contribution in [2.24, 2.45) is 10.9 Å². The van der Waals surface area contributed by atoms with E-state index in [1.165, 1.54) is 25.1 Å². The highest BCUT2D eigenvalue weighted by molar-refractivity contribution is 5.79. The Morgan fingerprint density at radius 2 is 1.88 bits per heavy atom. The molecule has 1 atom stereocenters. The molecule has 1 aromatic carbocycles. The molecule has 140 valence electrons. The van der Waals surface area contributed by atoms with Gasteiger partial charge in [0, 0.05) is 52.2 Å². The first-order chi connectivity index (χ1) is 12.8. The molecule has 0 radical (unpaired) electrons. The molecule has 0 amide bonds. The molecule has 2 heterocycles. The second-order valence-corrected chi connectivity index (χ2v) is 6.99. The van der Waals surface area contributed by atoms with Crippen LogP contribution in [0.3, 0.4) is 0 Å². The zero-order valence-corrected chi connectivity index (χ0v) is 15.8. The molecular weight excluding hydrogens is 322 g/mol. The standard InChI is InChI=1S/C21H31N5/c1-22-21(23-11-16-25-12-5-6-13-25)24-17-20-10-15-26(18-20)14-9-19-7-3-2-4-8-19/h2-8,12-13,20H,9-11,14-18H2,1H3,(H2,22,23,24). The van der Waals surface area contributed by atoms with Crippen LogP contribution in [0.5, 0.6) is 0 Å². The van der Waals surface area contributed by atoms with Gasteiger partial charge in [-0.3, -0.25) is 4.99 Å². The first-order valence-corrected chi connectivity index (χ1v) is 9.65. The fourth-order valence-corrected chi connectivity index (χ4v) is 3.50. The van der Waals surface area contributed by atoms with Gasteiger partial charge in [0.25, 0.3) is 0 Å². The van der Waals surface area contributed by atoms with E-state index in [1.54, 1.807) is 0 Å². The summed E-state index contributed by atoms with van der Waals surface area (Å²) in [4.78, 5) is 6.92. The molecule has 5 nitrogen and oxygen atoms in total. The van der Waals surface area contributed by atoms with Gasteiger partial charge in [0.05, 0.1) is 0 Å². The minimum atomic E-state index is 0.703. The maximum absolute atomic E-state index is 4.33. The van der Waals surface area contributed by atoms with Gasteiger partial charge in [0.15, 0.2) is 5.96 Å². The number of rotatable bonds is 8. The second kappa shape index (κ2) is 10.0. The van der Waals surface area contributed by atoms with Crippen LogP contribution in [-0.2, 0) is 13.0 Å². The Labute approximate surface area is 157 Å². The Kier molecular flexibility index (Phi) is 7.14. The monoisotopic (exact) mass is 353 g/mol. The van der Waals surface area contributed by atoms with E-state index in [9.17, 15) is 0 Å². The van der Waals surface area contributed by atoms with Gasteiger partial charge in [-0.2, -0.15) is 0 Å². The molecule has 2 N–H and O–H groups in total. The highest BCUT2D eigenvalue weighted by atomic mass is 15.2. The van der Waals surface area contributed by atoms with Crippen LogP contribution >= 0.6 is 0 Å². The molecule has 0 aliphatic carbocycles. The van der Waals surface area contributed by atoms with Crippen molar-refractivity contribution in [3.8, 4) is 0 Å². The van der Waals surface area contributed by atoms with Crippen LogP contribution in [0, 0.1) is 5.92 Å². The van der Waals surface area contributed by atoms with Crippen LogP contribution in [0.2, 0.25) is 0 Å². The van der Waals surface area contributed by atoms with E-state index in [0.29, 0.717) is 5.92 Å². The van der Waals surface area contributed by atoms with Crippen LogP contribution in [0.25, 0.3) is 0 Å². The summed E-state index contributed by atoms with van der Waals surface area (Å²) in [6, 6.07) is 14.9. The predicted octanol–water partition coefficient (Wildman–Crippen LogP) is 2.22. The second-order valence-electron chi connectivity index (χ2n) is 6.99. The third kappa shape index (κ3) is 5.92. The molecule has 0 bridgehead atoms. The average Bonchev–Trinajstić information content (AvgIpc) is 3.35. The number of likely N-dealkylation sites (tertiary alicyclic amines) is 1. The first kappa shape index (κ1) is 18.5. The number of hydrogen-bond donors (Lipinski definition) is 2. The summed E-state index contributed by atoms with van der Waals surface area (Å²) in [7, 11) is 1.84. The van der Waals surface area contributed by atoms with Gasteiger partial charge < -0.3 is 20.1 Å². The van der Waals surface area contributed by atoms with Gasteiger partial charge in [0.1, 0.15) is 0 Å². The number of guanidine groups is 1. The Morgan fingerprint density at radius 1 is 1.08 bits per heavy atom. The van der Waals surface area contributed by atoms with Crippen molar-refractivity contribution in [1.82, 2.24) is 20.1 Å². The number of nitrogens with zero attached hydrogens (tertiary/aromatic N) is 3. The lowest BCUT2D eigenvalue weighted by atomic mass is 10.1. The highest BCUT2D eigenvalue weighted by Crippen LogP contribution is 2.15. The minimum Gasteiger partial charge on any atom is -0.356 e. The molecule has 1 aliphatic rings. The smallest absolute Gasteiger partial charge is 0.191 e. The zero-order valence-electron chi connectivity index (χ0n) is 15.8. The molecule has 2 aromatic rings. The van der Waals surface area contributed by atoms with Crippen LogP contribution < -0.4 is 10.6 Å². The third-order valence-electron chi connectivity index (χ3n) is 5.04. The van der Waals surface area contributed by atoms with Crippen LogP contribution in [0.4, 0.5) is 0 Å². The van der Waals surface area contributed by atoms with E-state index >= 15 is 0 Å². The van der Waals surface area contributed by atoms with Crippen molar-refractivity contribution in [2.45, 2.75) is 19.4 Å². The van der Waals surface area contributed by atoms with Crippen molar-refractivity contribution < 1.29 is 0 Å². The Morgan fingerprint density at radius 3 is 2.65 bits per heavy atom. The Balaban J connectivity index is 1.31. The van der Waals surface area contributed by atoms with Gasteiger partial charge in [-0.15, -0.1) is 0 Å². The molecule has 3 rings (SSSR count). The van der Waals surface area contributed by atoms with Crippen molar-refractivity contribution in [2.75, 3.05) is 39.8 Å². The van der Waals surface area contributed by atoms with Crippen LogP contribution in [0.15, 0.2) is 59.9 Å². The maximum Gasteiger partial charge on any atom is 0.191 e. The third-order valence-corrected chi connectivity index (χ3v) is 5.04. The molecule has 1 unspecified atom stereocenters. The van der Waals surface area contributed by atoms with Crippen molar-refractivity contribution in [1.29, 1.82) is 0 Å². The fourth-order valence-electron chi connectivity index (χ4n) is 3.50. The lowest BCUT2D eigenvalue weighted by Gasteiger charge is -2.17. The van der Waals surface area contributed by atoms with Gasteiger partial charge in [-0.05, 0) is 43.0 Å². The molecule has 0 saturated carbocycles. The Bertz CT molecular complexity index is 650. The lowest BCUT2D eigenvalue weighted by molar-refractivity contribution is 0.328. The summed E-state index contributed by atoms with van der Waals surface area (Å²) in [5.41, 5.74) is 1.43. The van der Waals surface area contributed by atoms with Crippen LogP contribution in [0.1, 0.15) is 12.0 Å². The quantitative estimate of drug-likeness (QED) is 0.565. The van der Waals surface area contributed by atoms with E-state index in [1.807, 2.05) is 7.05 Å². The molecule has 5 heteroatoms. The van der Waals surface area contributed by atoms with Gasteiger partial charge in [0.2, 0.25) is 0 Å². The van der Waals surface area contributed by atoms with E-state index in [2.05, 4.69) is 80.0 Å². The highest BCUT2D eigenvalue weighted by Gasteiger charge is 2.22. The summed E-state index contributed by atoms with van der Waals surface area (Å²) < 4.78 is 2.17. The molecule has 1 aliphatic heterocycles. The fraction of sp³-hybridized carbons (Fsp3) is 0.476. The summed E-state index contributed by atoms with van der Waals surface area (Å²) in [5.74, 6) is 1.61. The molecule has 1 fully saturated rings. The summed E-state index contributed by atoms with van der Waals surface area (Å²) in [6.07, 6.45) is 6.58. The summed E-state index contributed by atoms with van der Waals surface area (Å²) in [6.45, 7) is 6.36. The van der Waals surface area contributed by atoms with Gasteiger partial charge >= 0.3 is 0 Å². The molecule has 1 aromatic heterocycles. The predicted molar refractivity (Wildman–Crippen MR) is 108 cm³/mol. The zero-order chi connectivity index (χ0) is 18.0. The number of aromatic nitrogens is 1. The van der Waals surface area contributed by atoms with Crippen molar-refractivity contribution in [3.05, 3.63) is 60.4 Å². The minimum absolute atomic E-state index is 0.703. The van der Waals surface area contributed by atoms with E-state index in [0.717, 1.165) is 38.6 Å². The molecular formula is C21H31N5. The van der Waals surface area contributed by atoms with Crippen molar-refractivity contribution in [3.63, 3.8) is 0 Å². The van der Waals surface area contributed by atoms with Crippen molar-refractivity contribution >= 4 is 5.96 Å². The van der Waals surface area contributed by atoms with Gasteiger partial charge in [-0.1, -0.05) is 30.3 Å². The van der Waals surface area contributed by atoms with E-state index < -0.39 is 0 Å². The number of benzene rings is 1. The Hall–Kier alpha value is -2.27. The largest absolute Gasteiger partial charge is 0.356 e. The maximum atomic E-state index is 4.33. The molecule has 0 spiro atoms. The normalized spacial score (nSPS) is 18.2. The van der Waals surface area contributed by atoms with Gasteiger partial charge in [-0.25, -0.2) is 0 Å². The number of nitrogens with one attached hydrogen (secondary N) is 2. The topological polar surface area (TPSA) is 44.6 Å². The van der Waals surface area contributed by atoms with E-state index in [4.69, 9.17) is 0 Å². The van der Waals surface area contributed by atoms with E-state index in [-0.39, 0.29) is 0 Å². The number of aliphatic imine (C=N–C) groups is 1.